The lowest BCUT2D eigenvalue weighted by molar-refractivity contribution is -0.141. The van der Waals surface area contributed by atoms with E-state index in [4.69, 9.17) is 5.11 Å². The number of rotatable bonds is 2. The molecule has 2 heterocycles. The van der Waals surface area contributed by atoms with Crippen LogP contribution in [0.15, 0.2) is 18.3 Å². The highest BCUT2D eigenvalue weighted by Gasteiger charge is 2.25. The minimum atomic E-state index is -0.771. The summed E-state index contributed by atoms with van der Waals surface area (Å²) in [6.45, 7) is 1.23. The topological polar surface area (TPSA) is 53.4 Å². The van der Waals surface area contributed by atoms with Gasteiger partial charge in [-0.25, -0.2) is 9.37 Å². The summed E-state index contributed by atoms with van der Waals surface area (Å²) in [5.74, 6) is -0.852. The third-order valence-corrected chi connectivity index (χ3v) is 2.81. The van der Waals surface area contributed by atoms with Gasteiger partial charge in [-0.3, -0.25) is 4.79 Å². The van der Waals surface area contributed by atoms with Gasteiger partial charge < -0.3 is 10.0 Å². The zero-order valence-corrected chi connectivity index (χ0v) is 8.77. The van der Waals surface area contributed by atoms with Crippen LogP contribution in [0.1, 0.15) is 12.8 Å². The summed E-state index contributed by atoms with van der Waals surface area (Å²) in [6, 6.07) is 2.92. The average molecular weight is 224 g/mol. The number of anilines is 1. The van der Waals surface area contributed by atoms with Crippen molar-refractivity contribution < 1.29 is 14.3 Å². The highest BCUT2D eigenvalue weighted by molar-refractivity contribution is 5.71. The standard InChI is InChI=1S/C11H13FN2O2/c12-9-3-4-10(13-6-9)14-5-1-2-8(7-14)11(15)16/h3-4,6,8H,1-2,5,7H2,(H,15,16). The highest BCUT2D eigenvalue weighted by Crippen LogP contribution is 2.21. The molecule has 4 nitrogen and oxygen atoms in total. The lowest BCUT2D eigenvalue weighted by Gasteiger charge is -2.31. The lowest BCUT2D eigenvalue weighted by atomic mass is 9.98. The Hall–Kier alpha value is -1.65. The number of aliphatic carboxylic acids is 1. The van der Waals surface area contributed by atoms with Crippen molar-refractivity contribution in [2.24, 2.45) is 5.92 Å². The molecule has 1 unspecified atom stereocenters. The van der Waals surface area contributed by atoms with E-state index in [1.807, 2.05) is 4.90 Å². The van der Waals surface area contributed by atoms with Crippen LogP contribution in [0.5, 0.6) is 0 Å². The van der Waals surface area contributed by atoms with Crippen LogP contribution in [0.4, 0.5) is 10.2 Å². The third-order valence-electron chi connectivity index (χ3n) is 2.81. The molecule has 0 saturated carbocycles. The first-order chi connectivity index (χ1) is 7.66. The van der Waals surface area contributed by atoms with Gasteiger partial charge in [0.05, 0.1) is 12.1 Å². The third kappa shape index (κ3) is 2.29. The summed E-state index contributed by atoms with van der Waals surface area (Å²) < 4.78 is 12.7. The maximum atomic E-state index is 12.7. The lowest BCUT2D eigenvalue weighted by Crippen LogP contribution is -2.39. The zero-order chi connectivity index (χ0) is 11.5. The Kier molecular flexibility index (Phi) is 3.03. The van der Waals surface area contributed by atoms with Gasteiger partial charge in [0.25, 0.3) is 0 Å². The maximum Gasteiger partial charge on any atom is 0.308 e. The smallest absolute Gasteiger partial charge is 0.308 e. The summed E-state index contributed by atoms with van der Waals surface area (Å²) >= 11 is 0. The highest BCUT2D eigenvalue weighted by atomic mass is 19.1. The van der Waals surface area contributed by atoms with Gasteiger partial charge in [-0.05, 0) is 25.0 Å². The molecule has 2 rings (SSSR count). The van der Waals surface area contributed by atoms with E-state index in [9.17, 15) is 9.18 Å². The number of pyridine rings is 1. The first kappa shape index (κ1) is 10.9. The molecular formula is C11H13FN2O2. The fourth-order valence-electron chi connectivity index (χ4n) is 1.94. The number of piperidine rings is 1. The second-order valence-electron chi connectivity index (χ2n) is 3.96. The van der Waals surface area contributed by atoms with Gasteiger partial charge in [0, 0.05) is 13.1 Å². The van der Waals surface area contributed by atoms with Gasteiger partial charge >= 0.3 is 5.97 Å². The second-order valence-corrected chi connectivity index (χ2v) is 3.96. The Labute approximate surface area is 92.7 Å². The van der Waals surface area contributed by atoms with Crippen molar-refractivity contribution in [1.82, 2.24) is 4.98 Å². The molecule has 1 aromatic rings. The van der Waals surface area contributed by atoms with Crippen molar-refractivity contribution >= 4 is 11.8 Å². The van der Waals surface area contributed by atoms with E-state index < -0.39 is 5.97 Å². The molecule has 5 heteroatoms. The molecule has 1 aliphatic heterocycles. The van der Waals surface area contributed by atoms with E-state index in [2.05, 4.69) is 4.98 Å². The molecule has 0 aromatic carbocycles. The number of carboxylic acids is 1. The van der Waals surface area contributed by atoms with Crippen LogP contribution in [-0.2, 0) is 4.79 Å². The molecule has 0 radical (unpaired) electrons. The van der Waals surface area contributed by atoms with Gasteiger partial charge in [-0.1, -0.05) is 0 Å². The predicted molar refractivity (Wildman–Crippen MR) is 56.8 cm³/mol. The second kappa shape index (κ2) is 4.47. The van der Waals surface area contributed by atoms with Crippen LogP contribution < -0.4 is 4.90 Å². The number of nitrogens with zero attached hydrogens (tertiary/aromatic N) is 2. The van der Waals surface area contributed by atoms with E-state index in [-0.39, 0.29) is 11.7 Å². The molecular weight excluding hydrogens is 211 g/mol. The molecule has 0 spiro atoms. The van der Waals surface area contributed by atoms with Crippen molar-refractivity contribution in [1.29, 1.82) is 0 Å². The van der Waals surface area contributed by atoms with Gasteiger partial charge in [-0.15, -0.1) is 0 Å². The number of hydrogen-bond donors (Lipinski definition) is 1. The van der Waals surface area contributed by atoms with Crippen LogP contribution in [0.3, 0.4) is 0 Å². The van der Waals surface area contributed by atoms with Crippen molar-refractivity contribution in [3.05, 3.63) is 24.1 Å². The number of halogens is 1. The SMILES string of the molecule is O=C(O)C1CCCN(c2ccc(F)cn2)C1. The fraction of sp³-hybridized carbons (Fsp3) is 0.455. The fourth-order valence-corrected chi connectivity index (χ4v) is 1.94. The Morgan fingerprint density at radius 2 is 2.38 bits per heavy atom. The van der Waals surface area contributed by atoms with E-state index >= 15 is 0 Å². The van der Waals surface area contributed by atoms with Gasteiger partial charge in [-0.2, -0.15) is 0 Å². The summed E-state index contributed by atoms with van der Waals surface area (Å²) in [4.78, 5) is 16.7. The molecule has 1 saturated heterocycles. The van der Waals surface area contributed by atoms with Crippen LogP contribution in [0.25, 0.3) is 0 Å². The van der Waals surface area contributed by atoms with E-state index in [0.29, 0.717) is 18.8 Å². The minimum Gasteiger partial charge on any atom is -0.481 e. The number of carboxylic acid groups (broad SMARTS) is 1. The van der Waals surface area contributed by atoms with E-state index in [0.717, 1.165) is 19.2 Å². The van der Waals surface area contributed by atoms with Crippen LogP contribution in [0.2, 0.25) is 0 Å². The quantitative estimate of drug-likeness (QED) is 0.827. The van der Waals surface area contributed by atoms with Crippen molar-refractivity contribution in [2.75, 3.05) is 18.0 Å². The van der Waals surface area contributed by atoms with E-state index in [1.165, 1.54) is 6.07 Å². The monoisotopic (exact) mass is 224 g/mol. The normalized spacial score (nSPS) is 20.8. The molecule has 0 aliphatic carbocycles. The molecule has 0 amide bonds. The molecule has 0 bridgehead atoms. The van der Waals surface area contributed by atoms with Crippen LogP contribution in [-0.4, -0.2) is 29.1 Å². The molecule has 1 aromatic heterocycles. The van der Waals surface area contributed by atoms with E-state index in [1.54, 1.807) is 6.07 Å². The number of hydrogen-bond acceptors (Lipinski definition) is 3. The Morgan fingerprint density at radius 3 is 3.00 bits per heavy atom. The van der Waals surface area contributed by atoms with Crippen molar-refractivity contribution in [3.8, 4) is 0 Å². The zero-order valence-electron chi connectivity index (χ0n) is 8.77. The first-order valence-electron chi connectivity index (χ1n) is 5.26. The summed E-state index contributed by atoms with van der Waals surface area (Å²) in [5, 5.41) is 8.94. The molecule has 1 aliphatic rings. The Balaban J connectivity index is 2.09. The summed E-state index contributed by atoms with van der Waals surface area (Å²) in [5.41, 5.74) is 0. The molecule has 86 valence electrons. The molecule has 1 atom stereocenters. The summed E-state index contributed by atoms with van der Waals surface area (Å²) in [6.07, 6.45) is 2.68. The minimum absolute atomic E-state index is 0.347. The van der Waals surface area contributed by atoms with Crippen molar-refractivity contribution in [3.63, 3.8) is 0 Å². The molecule has 16 heavy (non-hydrogen) atoms. The Bertz CT molecular complexity index is 380. The predicted octanol–water partition coefficient (Wildman–Crippen LogP) is 1.52. The maximum absolute atomic E-state index is 12.7. The Morgan fingerprint density at radius 1 is 1.56 bits per heavy atom. The molecule has 1 N–H and O–H groups in total. The van der Waals surface area contributed by atoms with Gasteiger partial charge in [0.1, 0.15) is 11.6 Å². The number of carbonyl (C=O) groups is 1. The number of aromatic nitrogens is 1. The summed E-state index contributed by atoms with van der Waals surface area (Å²) in [7, 11) is 0. The van der Waals surface area contributed by atoms with Crippen LogP contribution in [0, 0.1) is 11.7 Å². The van der Waals surface area contributed by atoms with Crippen LogP contribution >= 0.6 is 0 Å². The van der Waals surface area contributed by atoms with Gasteiger partial charge in [0.2, 0.25) is 0 Å². The molecule has 1 fully saturated rings. The van der Waals surface area contributed by atoms with Gasteiger partial charge in [0.15, 0.2) is 0 Å². The average Bonchev–Trinajstić information content (AvgIpc) is 2.30. The van der Waals surface area contributed by atoms with Crippen molar-refractivity contribution in [2.45, 2.75) is 12.8 Å². The first-order valence-corrected chi connectivity index (χ1v) is 5.26. The largest absolute Gasteiger partial charge is 0.481 e.